The quantitative estimate of drug-likeness (QED) is 0.649. The highest BCUT2D eigenvalue weighted by atomic mass is 16.1. The standard InChI is InChI=1S/C13H24O/c1-12(14)11-13-9-7-5-3-2-4-6-8-10-13/h13H,2-11H2,1H3. The van der Waals surface area contributed by atoms with Crippen LogP contribution in [0.5, 0.6) is 0 Å². The molecule has 0 aromatic carbocycles. The lowest BCUT2D eigenvalue weighted by atomic mass is 9.89. The summed E-state index contributed by atoms with van der Waals surface area (Å²) in [4.78, 5) is 11.1. The van der Waals surface area contributed by atoms with Gasteiger partial charge in [0.2, 0.25) is 0 Å². The average molecular weight is 196 g/mol. The summed E-state index contributed by atoms with van der Waals surface area (Å²) in [6.07, 6.45) is 13.1. The highest BCUT2D eigenvalue weighted by Crippen LogP contribution is 2.23. The fourth-order valence-corrected chi connectivity index (χ4v) is 2.50. The van der Waals surface area contributed by atoms with Crippen molar-refractivity contribution < 1.29 is 4.79 Å². The Hall–Kier alpha value is -0.330. The topological polar surface area (TPSA) is 17.1 Å². The lowest BCUT2D eigenvalue weighted by Gasteiger charge is -2.16. The van der Waals surface area contributed by atoms with Crippen molar-refractivity contribution in [3.8, 4) is 0 Å². The molecular formula is C13H24O. The molecule has 0 radical (unpaired) electrons. The zero-order valence-electron chi connectivity index (χ0n) is 9.56. The third-order valence-electron chi connectivity index (χ3n) is 3.30. The number of rotatable bonds is 2. The predicted molar refractivity (Wildman–Crippen MR) is 60.3 cm³/mol. The summed E-state index contributed by atoms with van der Waals surface area (Å²) >= 11 is 0. The molecule has 82 valence electrons. The summed E-state index contributed by atoms with van der Waals surface area (Å²) in [7, 11) is 0. The molecule has 0 amide bonds. The van der Waals surface area contributed by atoms with Gasteiger partial charge in [-0.15, -0.1) is 0 Å². The fraction of sp³-hybridized carbons (Fsp3) is 0.923. The van der Waals surface area contributed by atoms with E-state index >= 15 is 0 Å². The van der Waals surface area contributed by atoms with Gasteiger partial charge < -0.3 is 4.79 Å². The largest absolute Gasteiger partial charge is 0.300 e. The van der Waals surface area contributed by atoms with E-state index in [1.54, 1.807) is 6.92 Å². The minimum Gasteiger partial charge on any atom is -0.300 e. The van der Waals surface area contributed by atoms with E-state index in [-0.39, 0.29) is 0 Å². The number of hydrogen-bond donors (Lipinski definition) is 0. The van der Waals surface area contributed by atoms with Crippen LogP contribution in [0.2, 0.25) is 0 Å². The van der Waals surface area contributed by atoms with Crippen molar-refractivity contribution in [2.24, 2.45) is 5.92 Å². The van der Waals surface area contributed by atoms with E-state index in [4.69, 9.17) is 0 Å². The second-order valence-electron chi connectivity index (χ2n) is 4.82. The van der Waals surface area contributed by atoms with Crippen molar-refractivity contribution in [2.45, 2.75) is 71.1 Å². The van der Waals surface area contributed by atoms with Crippen LogP contribution < -0.4 is 0 Å². The van der Waals surface area contributed by atoms with Crippen molar-refractivity contribution in [2.75, 3.05) is 0 Å². The van der Waals surface area contributed by atoms with Gasteiger partial charge in [-0.05, 0) is 12.8 Å². The Morgan fingerprint density at radius 1 is 0.929 bits per heavy atom. The van der Waals surface area contributed by atoms with Crippen LogP contribution >= 0.6 is 0 Å². The van der Waals surface area contributed by atoms with Gasteiger partial charge in [-0.2, -0.15) is 0 Å². The smallest absolute Gasteiger partial charge is 0.130 e. The maximum atomic E-state index is 11.1. The molecule has 0 heterocycles. The second-order valence-corrected chi connectivity index (χ2v) is 4.82. The molecule has 1 aliphatic rings. The van der Waals surface area contributed by atoms with Crippen LogP contribution in [0.25, 0.3) is 0 Å². The molecule has 1 fully saturated rings. The van der Waals surface area contributed by atoms with Gasteiger partial charge in [-0.25, -0.2) is 0 Å². The first-order chi connectivity index (χ1) is 6.79. The Kier molecular flexibility index (Phi) is 5.89. The molecule has 0 spiro atoms. The monoisotopic (exact) mass is 196 g/mol. The number of carbonyl (C=O) groups is 1. The highest BCUT2D eigenvalue weighted by molar-refractivity contribution is 5.75. The third kappa shape index (κ3) is 5.41. The molecule has 1 nitrogen and oxygen atoms in total. The fourth-order valence-electron chi connectivity index (χ4n) is 2.50. The Bertz CT molecular complexity index is 153. The molecule has 0 atom stereocenters. The summed E-state index contributed by atoms with van der Waals surface area (Å²) in [6, 6.07) is 0. The van der Waals surface area contributed by atoms with Gasteiger partial charge in [0.15, 0.2) is 0 Å². The zero-order chi connectivity index (χ0) is 10.2. The number of hydrogen-bond acceptors (Lipinski definition) is 1. The Balaban J connectivity index is 2.26. The molecule has 14 heavy (non-hydrogen) atoms. The summed E-state index contributed by atoms with van der Waals surface area (Å²) in [5.74, 6) is 1.08. The van der Waals surface area contributed by atoms with Gasteiger partial charge in [0.25, 0.3) is 0 Å². The normalized spacial score (nSPS) is 21.8. The summed E-state index contributed by atoms with van der Waals surface area (Å²) in [5.41, 5.74) is 0. The van der Waals surface area contributed by atoms with Gasteiger partial charge in [0, 0.05) is 6.42 Å². The van der Waals surface area contributed by atoms with Crippen LogP contribution in [-0.4, -0.2) is 5.78 Å². The van der Waals surface area contributed by atoms with Gasteiger partial charge in [0.1, 0.15) is 5.78 Å². The van der Waals surface area contributed by atoms with Crippen LogP contribution in [0.1, 0.15) is 71.1 Å². The zero-order valence-corrected chi connectivity index (χ0v) is 9.56. The SMILES string of the molecule is CC(=O)CC1CCCCCCCCC1. The molecule has 1 saturated carbocycles. The molecule has 0 aromatic heterocycles. The Morgan fingerprint density at radius 3 is 1.79 bits per heavy atom. The van der Waals surface area contributed by atoms with Gasteiger partial charge >= 0.3 is 0 Å². The Morgan fingerprint density at radius 2 is 1.36 bits per heavy atom. The highest BCUT2D eigenvalue weighted by Gasteiger charge is 2.11. The van der Waals surface area contributed by atoms with E-state index < -0.39 is 0 Å². The van der Waals surface area contributed by atoms with E-state index in [0.29, 0.717) is 11.7 Å². The lowest BCUT2D eigenvalue weighted by molar-refractivity contribution is -0.118. The minimum absolute atomic E-state index is 0.382. The van der Waals surface area contributed by atoms with Crippen LogP contribution in [0, 0.1) is 5.92 Å². The maximum absolute atomic E-state index is 11.1. The molecule has 1 rings (SSSR count). The van der Waals surface area contributed by atoms with Gasteiger partial charge in [0.05, 0.1) is 0 Å². The van der Waals surface area contributed by atoms with Crippen molar-refractivity contribution >= 4 is 5.78 Å². The minimum atomic E-state index is 0.382. The van der Waals surface area contributed by atoms with Crippen molar-refractivity contribution in [1.82, 2.24) is 0 Å². The van der Waals surface area contributed by atoms with E-state index in [0.717, 1.165) is 6.42 Å². The number of carbonyl (C=O) groups excluding carboxylic acids is 1. The second kappa shape index (κ2) is 7.03. The molecule has 0 aromatic rings. The lowest BCUT2D eigenvalue weighted by Crippen LogP contribution is -2.07. The molecule has 0 aliphatic heterocycles. The maximum Gasteiger partial charge on any atom is 0.130 e. The van der Waals surface area contributed by atoms with E-state index in [1.165, 1.54) is 57.8 Å². The summed E-state index contributed by atoms with van der Waals surface area (Å²) in [6.45, 7) is 1.73. The van der Waals surface area contributed by atoms with E-state index in [9.17, 15) is 4.79 Å². The molecule has 1 heteroatoms. The average Bonchev–Trinajstić information content (AvgIpc) is 2.15. The van der Waals surface area contributed by atoms with Crippen molar-refractivity contribution in [1.29, 1.82) is 0 Å². The van der Waals surface area contributed by atoms with Crippen molar-refractivity contribution in [3.63, 3.8) is 0 Å². The van der Waals surface area contributed by atoms with Gasteiger partial charge in [-0.1, -0.05) is 57.8 Å². The first-order valence-electron chi connectivity index (χ1n) is 6.28. The molecular weight excluding hydrogens is 172 g/mol. The first-order valence-corrected chi connectivity index (χ1v) is 6.28. The summed E-state index contributed by atoms with van der Waals surface area (Å²) in [5, 5.41) is 0. The third-order valence-corrected chi connectivity index (χ3v) is 3.30. The summed E-state index contributed by atoms with van der Waals surface area (Å²) < 4.78 is 0. The van der Waals surface area contributed by atoms with Crippen LogP contribution in [0.4, 0.5) is 0 Å². The number of Topliss-reactive ketones (excluding diaryl/α,β-unsaturated/α-hetero) is 1. The molecule has 0 bridgehead atoms. The van der Waals surface area contributed by atoms with E-state index in [1.807, 2.05) is 0 Å². The molecule has 1 aliphatic carbocycles. The van der Waals surface area contributed by atoms with Gasteiger partial charge in [-0.3, -0.25) is 0 Å². The Labute approximate surface area is 88.3 Å². The van der Waals surface area contributed by atoms with Crippen LogP contribution in [0.3, 0.4) is 0 Å². The van der Waals surface area contributed by atoms with E-state index in [2.05, 4.69) is 0 Å². The molecule has 0 saturated heterocycles. The molecule has 0 unspecified atom stereocenters. The van der Waals surface area contributed by atoms with Crippen LogP contribution in [0.15, 0.2) is 0 Å². The first kappa shape index (κ1) is 11.7. The number of ketones is 1. The molecule has 0 N–H and O–H groups in total. The van der Waals surface area contributed by atoms with Crippen molar-refractivity contribution in [3.05, 3.63) is 0 Å². The predicted octanol–water partition coefficient (Wildman–Crippen LogP) is 4.11. The van der Waals surface area contributed by atoms with Crippen LogP contribution in [-0.2, 0) is 4.79 Å².